The molecule has 0 atom stereocenters. The molecule has 0 fully saturated rings. The molecule has 0 saturated carbocycles. The average Bonchev–Trinajstić information content (AvgIpc) is 2.89. The maximum absolute atomic E-state index is 4.19. The molecule has 0 N–H and O–H groups in total. The average molecular weight is 276 g/mol. The highest BCUT2D eigenvalue weighted by Crippen LogP contribution is 2.14. The summed E-state index contributed by atoms with van der Waals surface area (Å²) in [6, 6.07) is 8.62. The van der Waals surface area contributed by atoms with Crippen LogP contribution in [-0.2, 0) is 12.3 Å². The summed E-state index contributed by atoms with van der Waals surface area (Å²) in [7, 11) is 0. The third kappa shape index (κ3) is 3.73. The Kier molecular flexibility index (Phi) is 4.85. The summed E-state index contributed by atoms with van der Waals surface area (Å²) in [5, 5.41) is 8.13. The van der Waals surface area contributed by atoms with Crippen LogP contribution >= 0.6 is 12.6 Å². The summed E-state index contributed by atoms with van der Waals surface area (Å²) in [5.41, 5.74) is 3.46. The van der Waals surface area contributed by atoms with Crippen LogP contribution in [0.25, 0.3) is 0 Å². The largest absolute Gasteiger partial charge is 0.370 e. The second-order valence-corrected chi connectivity index (χ2v) is 4.86. The number of aromatic nitrogens is 3. The first-order valence-corrected chi connectivity index (χ1v) is 7.17. The zero-order chi connectivity index (χ0) is 13.7. The van der Waals surface area contributed by atoms with Crippen molar-refractivity contribution in [1.82, 2.24) is 15.0 Å². The van der Waals surface area contributed by atoms with Crippen LogP contribution in [0.15, 0.2) is 30.5 Å². The summed E-state index contributed by atoms with van der Waals surface area (Å²) in [6.07, 6.45) is 1.95. The first-order chi connectivity index (χ1) is 9.22. The first kappa shape index (κ1) is 13.9. The minimum Gasteiger partial charge on any atom is -0.370 e. The van der Waals surface area contributed by atoms with Gasteiger partial charge < -0.3 is 4.90 Å². The van der Waals surface area contributed by atoms with Crippen LogP contribution in [0.4, 0.5) is 5.69 Å². The lowest BCUT2D eigenvalue weighted by Crippen LogP contribution is -2.27. The summed E-state index contributed by atoms with van der Waals surface area (Å²) in [5.74, 6) is 0.634. The molecule has 4 nitrogen and oxygen atoms in total. The molecule has 5 heteroatoms. The molecule has 0 aliphatic heterocycles. The molecule has 0 aliphatic carbocycles. The van der Waals surface area contributed by atoms with E-state index in [9.17, 15) is 0 Å². The van der Waals surface area contributed by atoms with Gasteiger partial charge in [-0.25, -0.2) is 0 Å². The number of hydrogen-bond acceptors (Lipinski definition) is 4. The van der Waals surface area contributed by atoms with Gasteiger partial charge in [-0.2, -0.15) is 12.6 Å². The highest BCUT2D eigenvalue weighted by atomic mass is 32.1. The van der Waals surface area contributed by atoms with E-state index in [1.54, 1.807) is 0 Å². The maximum Gasteiger partial charge on any atom is 0.0923 e. The van der Waals surface area contributed by atoms with Crippen molar-refractivity contribution in [2.45, 2.75) is 26.1 Å². The van der Waals surface area contributed by atoms with Crippen LogP contribution in [0.3, 0.4) is 0 Å². The fourth-order valence-corrected chi connectivity index (χ4v) is 2.11. The molecule has 0 radical (unpaired) electrons. The Morgan fingerprint density at radius 2 is 2.00 bits per heavy atom. The summed E-state index contributed by atoms with van der Waals surface area (Å²) in [6.45, 7) is 7.02. The summed E-state index contributed by atoms with van der Waals surface area (Å²) >= 11 is 4.19. The van der Waals surface area contributed by atoms with Crippen LogP contribution in [0, 0.1) is 6.92 Å². The van der Waals surface area contributed by atoms with Gasteiger partial charge in [0.1, 0.15) is 0 Å². The van der Waals surface area contributed by atoms with Crippen molar-refractivity contribution in [3.63, 3.8) is 0 Å². The van der Waals surface area contributed by atoms with Crippen LogP contribution in [-0.4, -0.2) is 28.1 Å². The van der Waals surface area contributed by atoms with Crippen LogP contribution in [0.1, 0.15) is 18.2 Å². The van der Waals surface area contributed by atoms with Gasteiger partial charge in [0.05, 0.1) is 12.2 Å². The molecule has 0 aliphatic rings. The van der Waals surface area contributed by atoms with Crippen molar-refractivity contribution in [3.8, 4) is 0 Å². The third-order valence-electron chi connectivity index (χ3n) is 3.13. The predicted octanol–water partition coefficient (Wildman–Crippen LogP) is 2.54. The van der Waals surface area contributed by atoms with Crippen LogP contribution in [0.2, 0.25) is 0 Å². The van der Waals surface area contributed by atoms with Crippen molar-refractivity contribution >= 4 is 18.3 Å². The van der Waals surface area contributed by atoms with E-state index < -0.39 is 0 Å². The van der Waals surface area contributed by atoms with E-state index in [2.05, 4.69) is 66.0 Å². The number of aryl methyl sites for hydroxylation is 1. The molecular formula is C14H20N4S. The van der Waals surface area contributed by atoms with Gasteiger partial charge in [-0.05, 0) is 26.0 Å². The topological polar surface area (TPSA) is 34.0 Å². The smallest absolute Gasteiger partial charge is 0.0923 e. The monoisotopic (exact) mass is 276 g/mol. The minimum absolute atomic E-state index is 0.634. The van der Waals surface area contributed by atoms with E-state index in [4.69, 9.17) is 0 Å². The van der Waals surface area contributed by atoms with E-state index in [1.165, 1.54) is 11.3 Å². The molecule has 102 valence electrons. The van der Waals surface area contributed by atoms with Gasteiger partial charge in [-0.1, -0.05) is 22.9 Å². The predicted molar refractivity (Wildman–Crippen MR) is 81.8 cm³/mol. The summed E-state index contributed by atoms with van der Waals surface area (Å²) < 4.78 is 1.88. The van der Waals surface area contributed by atoms with E-state index in [0.717, 1.165) is 25.3 Å². The highest BCUT2D eigenvalue weighted by molar-refractivity contribution is 7.79. The number of rotatable bonds is 6. The number of benzene rings is 1. The standard InChI is InChI=1S/C14H20N4S/c1-3-17(14-6-4-12(2)5-7-14)8-9-18-10-13(11-19)15-16-18/h4-7,10,19H,3,8-9,11H2,1-2H3. The van der Waals surface area contributed by atoms with Crippen molar-refractivity contribution < 1.29 is 0 Å². The first-order valence-electron chi connectivity index (χ1n) is 6.54. The fraction of sp³-hybridized carbons (Fsp3) is 0.429. The molecule has 2 rings (SSSR count). The Morgan fingerprint density at radius 1 is 1.26 bits per heavy atom. The van der Waals surface area contributed by atoms with Crippen molar-refractivity contribution in [3.05, 3.63) is 41.7 Å². The SMILES string of the molecule is CCN(CCn1cc(CS)nn1)c1ccc(C)cc1. The zero-order valence-electron chi connectivity index (χ0n) is 11.5. The number of likely N-dealkylation sites (N-methyl/N-ethyl adjacent to an activating group) is 1. The Balaban J connectivity index is 1.97. The summed E-state index contributed by atoms with van der Waals surface area (Å²) in [4.78, 5) is 2.33. The van der Waals surface area contributed by atoms with Gasteiger partial charge in [0.2, 0.25) is 0 Å². The van der Waals surface area contributed by atoms with E-state index in [-0.39, 0.29) is 0 Å². The number of anilines is 1. The fourth-order valence-electron chi connectivity index (χ4n) is 1.97. The van der Waals surface area contributed by atoms with Gasteiger partial charge >= 0.3 is 0 Å². The molecular weight excluding hydrogens is 256 g/mol. The Labute approximate surface area is 119 Å². The highest BCUT2D eigenvalue weighted by Gasteiger charge is 2.05. The molecule has 0 spiro atoms. The van der Waals surface area contributed by atoms with Crippen LogP contribution in [0.5, 0.6) is 0 Å². The lowest BCUT2D eigenvalue weighted by Gasteiger charge is -2.23. The van der Waals surface area contributed by atoms with Gasteiger partial charge in [-0.3, -0.25) is 4.68 Å². The quantitative estimate of drug-likeness (QED) is 0.823. The molecule has 1 heterocycles. The Hall–Kier alpha value is -1.49. The van der Waals surface area contributed by atoms with E-state index in [0.29, 0.717) is 5.75 Å². The van der Waals surface area contributed by atoms with Crippen LogP contribution < -0.4 is 4.90 Å². The molecule has 1 aromatic heterocycles. The maximum atomic E-state index is 4.19. The molecule has 19 heavy (non-hydrogen) atoms. The number of hydrogen-bond donors (Lipinski definition) is 1. The zero-order valence-corrected chi connectivity index (χ0v) is 12.3. The molecule has 2 aromatic rings. The van der Waals surface area contributed by atoms with Gasteiger partial charge in [0.25, 0.3) is 0 Å². The second kappa shape index (κ2) is 6.61. The van der Waals surface area contributed by atoms with Crippen molar-refractivity contribution in [2.75, 3.05) is 18.0 Å². The number of nitrogens with zero attached hydrogens (tertiary/aromatic N) is 4. The molecule has 0 unspecified atom stereocenters. The Bertz CT molecular complexity index is 506. The normalized spacial score (nSPS) is 10.7. The third-order valence-corrected chi connectivity index (χ3v) is 3.45. The Morgan fingerprint density at radius 3 is 2.58 bits per heavy atom. The molecule has 0 saturated heterocycles. The van der Waals surface area contributed by atoms with E-state index >= 15 is 0 Å². The lowest BCUT2D eigenvalue weighted by molar-refractivity contribution is 0.579. The van der Waals surface area contributed by atoms with Gasteiger partial charge in [0, 0.05) is 30.7 Å². The van der Waals surface area contributed by atoms with Crippen molar-refractivity contribution in [1.29, 1.82) is 0 Å². The van der Waals surface area contributed by atoms with E-state index in [1.807, 2.05) is 10.9 Å². The van der Waals surface area contributed by atoms with Crippen molar-refractivity contribution in [2.24, 2.45) is 0 Å². The van der Waals surface area contributed by atoms with Gasteiger partial charge in [0.15, 0.2) is 0 Å². The number of thiol groups is 1. The molecule has 0 amide bonds. The lowest BCUT2D eigenvalue weighted by atomic mass is 10.2. The van der Waals surface area contributed by atoms with Gasteiger partial charge in [-0.15, -0.1) is 5.10 Å². The minimum atomic E-state index is 0.634. The molecule has 1 aromatic carbocycles. The second-order valence-electron chi connectivity index (χ2n) is 4.55. The molecule has 0 bridgehead atoms.